The first-order chi connectivity index (χ1) is 10.1. The van der Waals surface area contributed by atoms with Gasteiger partial charge >= 0.3 is 6.03 Å². The highest BCUT2D eigenvalue weighted by molar-refractivity contribution is 5.75. The van der Waals surface area contributed by atoms with E-state index in [1.54, 1.807) is 6.92 Å². The second-order valence-electron chi connectivity index (χ2n) is 7.24. The molecule has 1 atom stereocenters. The van der Waals surface area contributed by atoms with Crippen LogP contribution < -0.4 is 5.32 Å². The number of urea groups is 1. The zero-order valence-electron chi connectivity index (χ0n) is 15.0. The third-order valence-electron chi connectivity index (χ3n) is 4.46. The zero-order chi connectivity index (χ0) is 16.9. The summed E-state index contributed by atoms with van der Waals surface area (Å²) in [4.78, 5) is 29.7. The molecule has 0 saturated carbocycles. The van der Waals surface area contributed by atoms with E-state index in [1.807, 2.05) is 23.9 Å². The summed E-state index contributed by atoms with van der Waals surface area (Å²) in [6.45, 7) is 11.5. The van der Waals surface area contributed by atoms with Gasteiger partial charge in [0.15, 0.2) is 0 Å². The van der Waals surface area contributed by atoms with Crippen molar-refractivity contribution < 1.29 is 9.59 Å². The number of carbonyl (C=O) groups is 2. The SMILES string of the molecule is CC(=O)N1CCCN(C(=O)N[C@@H](C)C(C)(C)CN(C)C)CC1. The Kier molecular flexibility index (Phi) is 6.66. The van der Waals surface area contributed by atoms with Gasteiger partial charge in [-0.05, 0) is 32.9 Å². The largest absolute Gasteiger partial charge is 0.341 e. The number of hydrogen-bond donors (Lipinski definition) is 1. The number of carbonyl (C=O) groups excluding carboxylic acids is 2. The van der Waals surface area contributed by atoms with E-state index in [4.69, 9.17) is 0 Å². The van der Waals surface area contributed by atoms with Crippen LogP contribution in [0, 0.1) is 5.41 Å². The molecule has 0 aromatic heterocycles. The number of rotatable bonds is 4. The van der Waals surface area contributed by atoms with E-state index in [-0.39, 0.29) is 23.4 Å². The molecule has 1 saturated heterocycles. The molecule has 128 valence electrons. The van der Waals surface area contributed by atoms with Crippen LogP contribution in [0.3, 0.4) is 0 Å². The summed E-state index contributed by atoms with van der Waals surface area (Å²) >= 11 is 0. The predicted molar refractivity (Wildman–Crippen MR) is 88.8 cm³/mol. The first-order valence-electron chi connectivity index (χ1n) is 8.09. The van der Waals surface area contributed by atoms with Gasteiger partial charge in [0.05, 0.1) is 0 Å². The van der Waals surface area contributed by atoms with Gasteiger partial charge in [-0.25, -0.2) is 4.79 Å². The molecule has 0 radical (unpaired) electrons. The molecule has 0 unspecified atom stereocenters. The van der Waals surface area contributed by atoms with Crippen molar-refractivity contribution in [3.8, 4) is 0 Å². The molecule has 1 fully saturated rings. The zero-order valence-corrected chi connectivity index (χ0v) is 15.0. The molecule has 0 aliphatic carbocycles. The van der Waals surface area contributed by atoms with Gasteiger partial charge in [0, 0.05) is 45.7 Å². The quantitative estimate of drug-likeness (QED) is 0.849. The van der Waals surface area contributed by atoms with Crippen LogP contribution >= 0.6 is 0 Å². The second kappa shape index (κ2) is 7.81. The van der Waals surface area contributed by atoms with Crippen molar-refractivity contribution in [1.29, 1.82) is 0 Å². The van der Waals surface area contributed by atoms with Crippen LogP contribution in [0.15, 0.2) is 0 Å². The van der Waals surface area contributed by atoms with Crippen molar-refractivity contribution in [1.82, 2.24) is 20.0 Å². The normalized spacial score (nSPS) is 18.1. The smallest absolute Gasteiger partial charge is 0.317 e. The monoisotopic (exact) mass is 312 g/mol. The number of hydrogen-bond acceptors (Lipinski definition) is 3. The molecule has 1 aliphatic rings. The van der Waals surface area contributed by atoms with E-state index in [2.05, 4.69) is 31.0 Å². The standard InChI is InChI=1S/C16H32N4O2/c1-13(16(3,4)12-18(5)6)17-15(22)20-9-7-8-19(10-11-20)14(2)21/h13H,7-12H2,1-6H3,(H,17,22)/t13-/m0/s1. The van der Waals surface area contributed by atoms with Crippen LogP contribution in [0.5, 0.6) is 0 Å². The van der Waals surface area contributed by atoms with Crippen molar-refractivity contribution in [2.45, 2.75) is 40.2 Å². The Morgan fingerprint density at radius 3 is 2.23 bits per heavy atom. The lowest BCUT2D eigenvalue weighted by molar-refractivity contribution is -0.128. The molecule has 1 rings (SSSR count). The molecule has 22 heavy (non-hydrogen) atoms. The highest BCUT2D eigenvalue weighted by atomic mass is 16.2. The Bertz CT molecular complexity index is 396. The first kappa shape index (κ1) is 18.7. The minimum Gasteiger partial charge on any atom is -0.341 e. The maximum Gasteiger partial charge on any atom is 0.317 e. The summed E-state index contributed by atoms with van der Waals surface area (Å²) in [6, 6.07) is 0.0549. The molecule has 0 bridgehead atoms. The topological polar surface area (TPSA) is 55.9 Å². The minimum atomic E-state index is -0.0234. The Balaban J connectivity index is 2.56. The van der Waals surface area contributed by atoms with Crippen LogP contribution in [0.2, 0.25) is 0 Å². The lowest BCUT2D eigenvalue weighted by Gasteiger charge is -2.36. The van der Waals surface area contributed by atoms with E-state index in [0.717, 1.165) is 19.5 Å². The van der Waals surface area contributed by atoms with Crippen molar-refractivity contribution in [3.63, 3.8) is 0 Å². The fraction of sp³-hybridized carbons (Fsp3) is 0.875. The molecule has 1 aliphatic heterocycles. The molecular weight excluding hydrogens is 280 g/mol. The van der Waals surface area contributed by atoms with Crippen molar-refractivity contribution >= 4 is 11.9 Å². The number of nitrogens with one attached hydrogen (secondary N) is 1. The summed E-state index contributed by atoms with van der Waals surface area (Å²) in [5, 5.41) is 3.12. The van der Waals surface area contributed by atoms with Gasteiger partial charge in [0.1, 0.15) is 0 Å². The Morgan fingerprint density at radius 2 is 1.68 bits per heavy atom. The summed E-state index contributed by atoms with van der Waals surface area (Å²) in [6.07, 6.45) is 0.836. The van der Waals surface area contributed by atoms with Gasteiger partial charge in [-0.2, -0.15) is 0 Å². The van der Waals surface area contributed by atoms with E-state index in [0.29, 0.717) is 19.6 Å². The van der Waals surface area contributed by atoms with Gasteiger partial charge in [0.2, 0.25) is 5.91 Å². The summed E-state index contributed by atoms with van der Waals surface area (Å²) in [5.74, 6) is 0.0859. The third-order valence-corrected chi connectivity index (χ3v) is 4.46. The van der Waals surface area contributed by atoms with Gasteiger partial charge in [-0.3, -0.25) is 4.79 Å². The Morgan fingerprint density at radius 1 is 1.14 bits per heavy atom. The second-order valence-corrected chi connectivity index (χ2v) is 7.24. The van der Waals surface area contributed by atoms with E-state index in [9.17, 15) is 9.59 Å². The lowest BCUT2D eigenvalue weighted by atomic mass is 9.85. The van der Waals surface area contributed by atoms with Gasteiger partial charge < -0.3 is 20.0 Å². The minimum absolute atomic E-state index is 0.00354. The highest BCUT2D eigenvalue weighted by Gasteiger charge is 2.29. The van der Waals surface area contributed by atoms with E-state index < -0.39 is 0 Å². The maximum absolute atomic E-state index is 12.5. The lowest BCUT2D eigenvalue weighted by Crippen LogP contribution is -2.52. The van der Waals surface area contributed by atoms with Gasteiger partial charge in [0.25, 0.3) is 0 Å². The number of nitrogens with zero attached hydrogens (tertiary/aromatic N) is 3. The van der Waals surface area contributed by atoms with E-state index in [1.165, 1.54) is 0 Å². The van der Waals surface area contributed by atoms with Crippen LogP contribution in [0.1, 0.15) is 34.1 Å². The first-order valence-corrected chi connectivity index (χ1v) is 8.09. The third kappa shape index (κ3) is 5.48. The van der Waals surface area contributed by atoms with Gasteiger partial charge in [-0.1, -0.05) is 13.8 Å². The molecule has 6 heteroatoms. The van der Waals surface area contributed by atoms with Crippen LogP contribution in [-0.4, -0.2) is 79.5 Å². The average Bonchev–Trinajstić information content (AvgIpc) is 2.62. The molecule has 6 nitrogen and oxygen atoms in total. The van der Waals surface area contributed by atoms with Crippen molar-refractivity contribution in [2.24, 2.45) is 5.41 Å². The highest BCUT2D eigenvalue weighted by Crippen LogP contribution is 2.21. The average molecular weight is 312 g/mol. The molecule has 1 heterocycles. The summed E-state index contributed by atoms with van der Waals surface area (Å²) in [5.41, 5.74) is -0.00354. The Hall–Kier alpha value is -1.30. The summed E-state index contributed by atoms with van der Waals surface area (Å²) < 4.78 is 0. The van der Waals surface area contributed by atoms with Crippen LogP contribution in [0.4, 0.5) is 4.79 Å². The van der Waals surface area contributed by atoms with Gasteiger partial charge in [-0.15, -0.1) is 0 Å². The molecular formula is C16H32N4O2. The molecule has 0 aromatic rings. The van der Waals surface area contributed by atoms with E-state index >= 15 is 0 Å². The Labute approximate surface area is 134 Å². The maximum atomic E-state index is 12.5. The molecule has 0 aromatic carbocycles. The predicted octanol–water partition coefficient (Wildman–Crippen LogP) is 1.23. The molecule has 0 spiro atoms. The van der Waals surface area contributed by atoms with Crippen LogP contribution in [0.25, 0.3) is 0 Å². The van der Waals surface area contributed by atoms with Crippen LogP contribution in [-0.2, 0) is 4.79 Å². The van der Waals surface area contributed by atoms with Crippen molar-refractivity contribution in [2.75, 3.05) is 46.8 Å². The number of amides is 3. The fourth-order valence-corrected chi connectivity index (χ4v) is 2.86. The van der Waals surface area contributed by atoms with Crippen molar-refractivity contribution in [3.05, 3.63) is 0 Å². The molecule has 1 N–H and O–H groups in total. The molecule has 3 amide bonds. The summed E-state index contributed by atoms with van der Waals surface area (Å²) in [7, 11) is 4.09. The fourth-order valence-electron chi connectivity index (χ4n) is 2.86.